The van der Waals surface area contributed by atoms with Gasteiger partial charge in [-0.05, 0) is 18.9 Å². The van der Waals surface area contributed by atoms with Gasteiger partial charge in [0.2, 0.25) is 0 Å². The van der Waals surface area contributed by atoms with Crippen LogP contribution in [0, 0.1) is 0 Å². The summed E-state index contributed by atoms with van der Waals surface area (Å²) in [5.74, 6) is -0.959. The van der Waals surface area contributed by atoms with Gasteiger partial charge in [-0.2, -0.15) is 0 Å². The summed E-state index contributed by atoms with van der Waals surface area (Å²) in [5.41, 5.74) is 5.56. The maximum atomic E-state index is 10.4. The van der Waals surface area contributed by atoms with Crippen molar-refractivity contribution in [2.75, 3.05) is 6.61 Å². The van der Waals surface area contributed by atoms with E-state index in [4.69, 9.17) is 22.4 Å². The summed E-state index contributed by atoms with van der Waals surface area (Å²) in [6.45, 7) is 2.04. The lowest BCUT2D eigenvalue weighted by molar-refractivity contribution is -0.138. The molecule has 0 saturated heterocycles. The molecule has 0 amide bonds. The molecule has 3 N–H and O–H groups in total. The van der Waals surface area contributed by atoms with E-state index in [1.807, 2.05) is 30.3 Å². The van der Waals surface area contributed by atoms with Crippen LogP contribution in [-0.2, 0) is 16.0 Å². The molecule has 1 aromatic rings. The van der Waals surface area contributed by atoms with E-state index >= 15 is 0 Å². The molecule has 0 heterocycles. The molecule has 18 heavy (non-hydrogen) atoms. The molecule has 0 aliphatic heterocycles. The Labute approximate surface area is 111 Å². The molecule has 6 heteroatoms. The number of hydrogen-bond donors (Lipinski definition) is 2. The highest BCUT2D eigenvalue weighted by atomic mass is 35.5. The average Bonchev–Trinajstić information content (AvgIpc) is 2.30. The summed E-state index contributed by atoms with van der Waals surface area (Å²) in [6, 6.07) is 8.54. The Kier molecular flexibility index (Phi) is 8.61. The Hall–Kier alpha value is -1.59. The number of hydrogen-bond acceptors (Lipinski definition) is 4. The van der Waals surface area contributed by atoms with E-state index in [2.05, 4.69) is 4.74 Å². The van der Waals surface area contributed by atoms with Crippen LogP contribution in [-0.4, -0.2) is 29.2 Å². The number of carbonyl (C=O) groups is 2. The molecular formula is C12H16ClNO4. The number of nitrogens with two attached hydrogens (primary N) is 1. The molecule has 0 aromatic heterocycles. The van der Waals surface area contributed by atoms with Crippen molar-refractivity contribution in [3.8, 4) is 0 Å². The SMILES string of the molecule is CCOC(=O)Cl.N[C@@H](Cc1ccccc1)C(=O)O. The van der Waals surface area contributed by atoms with Crippen LogP contribution in [0.15, 0.2) is 30.3 Å². The van der Waals surface area contributed by atoms with Gasteiger partial charge in [-0.3, -0.25) is 4.79 Å². The van der Waals surface area contributed by atoms with Crippen molar-refractivity contribution in [2.24, 2.45) is 5.73 Å². The van der Waals surface area contributed by atoms with Crippen molar-refractivity contribution in [3.05, 3.63) is 35.9 Å². The van der Waals surface area contributed by atoms with Crippen molar-refractivity contribution >= 4 is 23.0 Å². The fourth-order valence-corrected chi connectivity index (χ4v) is 1.18. The lowest BCUT2D eigenvalue weighted by Crippen LogP contribution is -2.32. The predicted molar refractivity (Wildman–Crippen MR) is 68.6 cm³/mol. The second-order valence-electron chi connectivity index (χ2n) is 3.31. The summed E-state index contributed by atoms with van der Waals surface area (Å²) in [5, 5.41) is 8.52. The first-order valence-corrected chi connectivity index (χ1v) is 5.69. The molecule has 0 saturated carbocycles. The van der Waals surface area contributed by atoms with Crippen molar-refractivity contribution in [3.63, 3.8) is 0 Å². The quantitative estimate of drug-likeness (QED) is 0.819. The molecule has 0 spiro atoms. The number of carboxylic acid groups (broad SMARTS) is 1. The van der Waals surface area contributed by atoms with E-state index in [0.29, 0.717) is 13.0 Å². The lowest BCUT2D eigenvalue weighted by atomic mass is 10.1. The summed E-state index contributed by atoms with van der Waals surface area (Å²) < 4.78 is 4.17. The summed E-state index contributed by atoms with van der Waals surface area (Å²) in [6.07, 6.45) is 0.385. The van der Waals surface area contributed by atoms with Crippen LogP contribution < -0.4 is 5.73 Å². The minimum atomic E-state index is -0.959. The average molecular weight is 274 g/mol. The van der Waals surface area contributed by atoms with Gasteiger partial charge >= 0.3 is 11.4 Å². The van der Waals surface area contributed by atoms with Crippen LogP contribution in [0.3, 0.4) is 0 Å². The zero-order valence-corrected chi connectivity index (χ0v) is 10.8. The van der Waals surface area contributed by atoms with Crippen molar-refractivity contribution in [2.45, 2.75) is 19.4 Å². The molecular weight excluding hydrogens is 258 g/mol. The van der Waals surface area contributed by atoms with Crippen LogP contribution in [0.4, 0.5) is 4.79 Å². The predicted octanol–water partition coefficient (Wildman–Crippen LogP) is 2.02. The van der Waals surface area contributed by atoms with Gasteiger partial charge in [-0.1, -0.05) is 30.3 Å². The molecule has 0 radical (unpaired) electrons. The second kappa shape index (κ2) is 9.44. The molecule has 5 nitrogen and oxygen atoms in total. The summed E-state index contributed by atoms with van der Waals surface area (Å²) >= 11 is 4.72. The molecule has 0 aliphatic rings. The summed E-state index contributed by atoms with van der Waals surface area (Å²) in [7, 11) is 0. The van der Waals surface area contributed by atoms with Gasteiger partial charge in [-0.15, -0.1) is 0 Å². The highest BCUT2D eigenvalue weighted by Gasteiger charge is 2.10. The van der Waals surface area contributed by atoms with Gasteiger partial charge in [0.25, 0.3) is 0 Å². The molecule has 1 aromatic carbocycles. The van der Waals surface area contributed by atoms with Gasteiger partial charge in [0.15, 0.2) is 0 Å². The van der Waals surface area contributed by atoms with Crippen LogP contribution in [0.25, 0.3) is 0 Å². The Morgan fingerprint density at radius 2 is 1.94 bits per heavy atom. The van der Waals surface area contributed by atoms with E-state index in [1.165, 1.54) is 0 Å². The zero-order chi connectivity index (χ0) is 14.0. The van der Waals surface area contributed by atoms with Gasteiger partial charge in [-0.25, -0.2) is 4.79 Å². The molecule has 100 valence electrons. The first-order chi connectivity index (χ1) is 8.47. The minimum absolute atomic E-state index is 0.350. The van der Waals surface area contributed by atoms with E-state index in [9.17, 15) is 9.59 Å². The van der Waals surface area contributed by atoms with Gasteiger partial charge < -0.3 is 15.6 Å². The normalized spacial score (nSPS) is 10.8. The van der Waals surface area contributed by atoms with Crippen LogP contribution in [0.1, 0.15) is 12.5 Å². The third kappa shape index (κ3) is 8.55. The third-order valence-corrected chi connectivity index (χ3v) is 1.98. The number of carbonyl (C=O) groups excluding carboxylic acids is 1. The molecule has 0 bridgehead atoms. The van der Waals surface area contributed by atoms with Crippen molar-refractivity contribution in [1.29, 1.82) is 0 Å². The van der Waals surface area contributed by atoms with E-state index in [-0.39, 0.29) is 0 Å². The van der Waals surface area contributed by atoms with Crippen LogP contribution >= 0.6 is 11.6 Å². The number of rotatable bonds is 4. The third-order valence-electron chi connectivity index (χ3n) is 1.87. The van der Waals surface area contributed by atoms with Gasteiger partial charge in [0.1, 0.15) is 6.04 Å². The monoisotopic (exact) mass is 273 g/mol. The number of carboxylic acids is 1. The highest BCUT2D eigenvalue weighted by Crippen LogP contribution is 2.01. The van der Waals surface area contributed by atoms with Crippen LogP contribution in [0.2, 0.25) is 0 Å². The fraction of sp³-hybridized carbons (Fsp3) is 0.333. The van der Waals surface area contributed by atoms with E-state index < -0.39 is 17.4 Å². The number of aliphatic carboxylic acids is 1. The molecule has 1 rings (SSSR count). The van der Waals surface area contributed by atoms with Crippen LogP contribution in [0.5, 0.6) is 0 Å². The topological polar surface area (TPSA) is 89.6 Å². The molecule has 0 fully saturated rings. The van der Waals surface area contributed by atoms with Crippen molar-refractivity contribution < 1.29 is 19.4 Å². The van der Waals surface area contributed by atoms with E-state index in [0.717, 1.165) is 5.56 Å². The molecule has 0 aliphatic carbocycles. The van der Waals surface area contributed by atoms with E-state index in [1.54, 1.807) is 6.92 Å². The number of halogens is 1. The minimum Gasteiger partial charge on any atom is -0.480 e. The standard InChI is InChI=1S/C9H11NO2.C3H5ClO2/c10-8(9(11)12)6-7-4-2-1-3-5-7;1-2-6-3(4)5/h1-5,8H,6,10H2,(H,11,12);2H2,1H3/t8-;/m0./s1. The maximum absolute atomic E-state index is 10.4. The van der Waals surface area contributed by atoms with Gasteiger partial charge in [0, 0.05) is 11.6 Å². The molecule has 1 atom stereocenters. The van der Waals surface area contributed by atoms with Gasteiger partial charge in [0.05, 0.1) is 6.61 Å². The molecule has 0 unspecified atom stereocenters. The Morgan fingerprint density at radius 1 is 1.39 bits per heavy atom. The largest absolute Gasteiger partial charge is 0.480 e. The first kappa shape index (κ1) is 16.4. The summed E-state index contributed by atoms with van der Waals surface area (Å²) in [4.78, 5) is 20.0. The Bertz CT molecular complexity index is 370. The maximum Gasteiger partial charge on any atom is 0.403 e. The Morgan fingerprint density at radius 3 is 2.28 bits per heavy atom. The van der Waals surface area contributed by atoms with Crippen molar-refractivity contribution in [1.82, 2.24) is 0 Å². The first-order valence-electron chi connectivity index (χ1n) is 5.32. The fourth-order valence-electron chi connectivity index (χ4n) is 1.07. The lowest BCUT2D eigenvalue weighted by Gasteiger charge is -2.04. The second-order valence-corrected chi connectivity index (χ2v) is 3.61. The zero-order valence-electron chi connectivity index (χ0n) is 10.0. The highest BCUT2D eigenvalue weighted by molar-refractivity contribution is 6.61. The Balaban J connectivity index is 0.000000411. The number of benzene rings is 1. The number of ether oxygens (including phenoxy) is 1. The smallest absolute Gasteiger partial charge is 0.403 e.